The highest BCUT2D eigenvalue weighted by atomic mass is 16.2. The Morgan fingerprint density at radius 3 is 3.15 bits per heavy atom. The minimum absolute atomic E-state index is 0.112. The average Bonchev–Trinajstić information content (AvgIpc) is 2.84. The molecule has 0 aliphatic carbocycles. The highest BCUT2D eigenvalue weighted by Crippen LogP contribution is 2.33. The third-order valence-electron chi connectivity index (χ3n) is 4.27. The van der Waals surface area contributed by atoms with Crippen molar-refractivity contribution in [3.05, 3.63) is 11.9 Å². The molecule has 3 rings (SSSR count). The van der Waals surface area contributed by atoms with Crippen molar-refractivity contribution in [2.45, 2.75) is 32.7 Å². The van der Waals surface area contributed by atoms with Crippen LogP contribution in [0.2, 0.25) is 0 Å². The Balaban J connectivity index is 1.92. The molecule has 2 unspecified atom stereocenters. The van der Waals surface area contributed by atoms with Crippen molar-refractivity contribution >= 4 is 17.5 Å². The van der Waals surface area contributed by atoms with E-state index in [2.05, 4.69) is 32.4 Å². The molecule has 2 aliphatic heterocycles. The number of carbonyl (C=O) groups excluding carboxylic acids is 1. The van der Waals surface area contributed by atoms with Crippen molar-refractivity contribution in [2.24, 2.45) is 5.92 Å². The predicted octanol–water partition coefficient (Wildman–Crippen LogP) is 0.932. The van der Waals surface area contributed by atoms with Crippen molar-refractivity contribution in [3.63, 3.8) is 0 Å². The Hall–Kier alpha value is -1.85. The number of carbonyl (C=O) groups is 1. The average molecular weight is 275 g/mol. The molecule has 1 aromatic heterocycles. The van der Waals surface area contributed by atoms with Gasteiger partial charge < -0.3 is 15.5 Å². The van der Waals surface area contributed by atoms with Crippen molar-refractivity contribution < 1.29 is 4.79 Å². The summed E-state index contributed by atoms with van der Waals surface area (Å²) in [4.78, 5) is 22.9. The molecular formula is C14H21N5O. The van der Waals surface area contributed by atoms with E-state index in [0.29, 0.717) is 0 Å². The first-order valence-corrected chi connectivity index (χ1v) is 7.32. The monoisotopic (exact) mass is 275 g/mol. The fourth-order valence-electron chi connectivity index (χ4n) is 3.29. The van der Waals surface area contributed by atoms with Crippen molar-refractivity contribution in [1.82, 2.24) is 15.3 Å². The first-order valence-electron chi connectivity index (χ1n) is 7.32. The number of nitrogens with one attached hydrogen (secondary N) is 2. The van der Waals surface area contributed by atoms with Gasteiger partial charge in [0.1, 0.15) is 18.0 Å². The molecule has 0 spiro atoms. The van der Waals surface area contributed by atoms with Gasteiger partial charge in [-0.2, -0.15) is 0 Å². The van der Waals surface area contributed by atoms with E-state index in [1.807, 2.05) is 6.92 Å². The van der Waals surface area contributed by atoms with Crippen molar-refractivity contribution in [1.29, 1.82) is 0 Å². The fourth-order valence-corrected chi connectivity index (χ4v) is 3.29. The molecule has 2 saturated heterocycles. The van der Waals surface area contributed by atoms with Gasteiger partial charge in [0.15, 0.2) is 0 Å². The molecule has 0 saturated carbocycles. The van der Waals surface area contributed by atoms with Crippen LogP contribution in [0.25, 0.3) is 0 Å². The molecule has 108 valence electrons. The Labute approximate surface area is 119 Å². The third kappa shape index (κ3) is 2.09. The molecule has 0 bridgehead atoms. The maximum Gasteiger partial charge on any atom is 0.225 e. The normalized spacial score (nSPS) is 25.3. The van der Waals surface area contributed by atoms with Gasteiger partial charge in [0, 0.05) is 25.2 Å². The number of anilines is 2. The summed E-state index contributed by atoms with van der Waals surface area (Å²) in [5.41, 5.74) is 1.06. The lowest BCUT2D eigenvalue weighted by atomic mass is 9.91. The van der Waals surface area contributed by atoms with E-state index in [4.69, 9.17) is 0 Å². The van der Waals surface area contributed by atoms with Gasteiger partial charge in [-0.15, -0.1) is 0 Å². The molecule has 2 aliphatic rings. The molecule has 6 heteroatoms. The number of aromatic nitrogens is 2. The van der Waals surface area contributed by atoms with Gasteiger partial charge in [0.25, 0.3) is 0 Å². The second-order valence-electron chi connectivity index (χ2n) is 5.46. The molecule has 1 aromatic rings. The highest BCUT2D eigenvalue weighted by molar-refractivity contribution is 5.83. The van der Waals surface area contributed by atoms with Crippen LogP contribution in [0.5, 0.6) is 0 Å². The topological polar surface area (TPSA) is 70.2 Å². The smallest absolute Gasteiger partial charge is 0.225 e. The number of rotatable bonds is 3. The summed E-state index contributed by atoms with van der Waals surface area (Å²) < 4.78 is 0. The molecule has 0 radical (unpaired) electrons. The molecule has 20 heavy (non-hydrogen) atoms. The molecule has 6 nitrogen and oxygen atoms in total. The highest BCUT2D eigenvalue weighted by Gasteiger charge is 2.41. The summed E-state index contributed by atoms with van der Waals surface area (Å²) in [5, 5.41) is 6.24. The van der Waals surface area contributed by atoms with Crippen LogP contribution in [-0.4, -0.2) is 41.6 Å². The summed E-state index contributed by atoms with van der Waals surface area (Å²) in [6.45, 7) is 6.62. The van der Waals surface area contributed by atoms with Crippen LogP contribution in [0.1, 0.15) is 25.3 Å². The Morgan fingerprint density at radius 1 is 1.50 bits per heavy atom. The minimum atomic E-state index is 0.112. The van der Waals surface area contributed by atoms with Crippen LogP contribution in [0.15, 0.2) is 6.33 Å². The van der Waals surface area contributed by atoms with E-state index in [1.54, 1.807) is 6.33 Å². The number of piperidine rings is 1. The first kappa shape index (κ1) is 13.1. The lowest BCUT2D eigenvalue weighted by Gasteiger charge is -2.37. The largest absolute Gasteiger partial charge is 0.370 e. The lowest BCUT2D eigenvalue weighted by Crippen LogP contribution is -2.46. The van der Waals surface area contributed by atoms with Crippen LogP contribution in [-0.2, 0) is 4.79 Å². The van der Waals surface area contributed by atoms with Crippen molar-refractivity contribution in [2.75, 3.05) is 29.9 Å². The fraction of sp³-hybridized carbons (Fsp3) is 0.643. The van der Waals surface area contributed by atoms with Gasteiger partial charge in [0.2, 0.25) is 5.91 Å². The van der Waals surface area contributed by atoms with Gasteiger partial charge >= 0.3 is 0 Å². The van der Waals surface area contributed by atoms with Gasteiger partial charge in [-0.3, -0.25) is 4.79 Å². The molecule has 2 N–H and O–H groups in total. The van der Waals surface area contributed by atoms with Crippen molar-refractivity contribution in [3.8, 4) is 0 Å². The number of amides is 1. The standard InChI is InChI=1S/C14H21N5O/c1-3-15-12-9(2)13(18-8-17-12)19-6-4-5-10-11(19)7-16-14(10)20/h8,10-11H,3-7H2,1-2H3,(H,16,20)(H,15,17,18). The molecule has 2 fully saturated rings. The summed E-state index contributed by atoms with van der Waals surface area (Å²) in [7, 11) is 0. The van der Waals surface area contributed by atoms with Crippen LogP contribution in [0, 0.1) is 12.8 Å². The zero-order chi connectivity index (χ0) is 14.1. The Kier molecular flexibility index (Phi) is 3.46. The second-order valence-corrected chi connectivity index (χ2v) is 5.46. The van der Waals surface area contributed by atoms with E-state index < -0.39 is 0 Å². The van der Waals surface area contributed by atoms with Crippen LogP contribution >= 0.6 is 0 Å². The second kappa shape index (κ2) is 5.26. The van der Waals surface area contributed by atoms with Gasteiger partial charge in [-0.1, -0.05) is 0 Å². The van der Waals surface area contributed by atoms with Gasteiger partial charge in [0.05, 0.1) is 12.0 Å². The zero-order valence-corrected chi connectivity index (χ0v) is 12.0. The molecule has 2 atom stereocenters. The molecular weight excluding hydrogens is 254 g/mol. The lowest BCUT2D eigenvalue weighted by molar-refractivity contribution is -0.122. The Bertz CT molecular complexity index is 518. The van der Waals surface area contributed by atoms with E-state index >= 15 is 0 Å². The van der Waals surface area contributed by atoms with E-state index in [1.165, 1.54) is 0 Å². The SMILES string of the molecule is CCNc1ncnc(N2CCCC3C(=O)NCC32)c1C. The third-order valence-corrected chi connectivity index (χ3v) is 4.27. The summed E-state index contributed by atoms with van der Waals surface area (Å²) in [6.07, 6.45) is 3.62. The quantitative estimate of drug-likeness (QED) is 0.859. The zero-order valence-electron chi connectivity index (χ0n) is 12.0. The number of fused-ring (bicyclic) bond motifs is 1. The summed E-state index contributed by atoms with van der Waals surface area (Å²) in [6, 6.07) is 0.235. The first-order chi connectivity index (χ1) is 9.72. The van der Waals surface area contributed by atoms with Gasteiger partial charge in [-0.05, 0) is 26.7 Å². The minimum Gasteiger partial charge on any atom is -0.370 e. The summed E-state index contributed by atoms with van der Waals surface area (Å²) >= 11 is 0. The predicted molar refractivity (Wildman–Crippen MR) is 77.8 cm³/mol. The summed E-state index contributed by atoms with van der Waals surface area (Å²) in [5.74, 6) is 2.15. The molecule has 1 amide bonds. The van der Waals surface area contributed by atoms with Crippen LogP contribution in [0.4, 0.5) is 11.6 Å². The Morgan fingerprint density at radius 2 is 2.35 bits per heavy atom. The molecule has 0 aromatic carbocycles. The van der Waals surface area contributed by atoms with Crippen LogP contribution < -0.4 is 15.5 Å². The van der Waals surface area contributed by atoms with E-state index in [0.717, 1.165) is 49.7 Å². The molecule has 3 heterocycles. The number of hydrogen-bond acceptors (Lipinski definition) is 5. The van der Waals surface area contributed by atoms with Gasteiger partial charge in [-0.25, -0.2) is 9.97 Å². The number of nitrogens with zero attached hydrogens (tertiary/aromatic N) is 3. The number of hydrogen-bond donors (Lipinski definition) is 2. The van der Waals surface area contributed by atoms with E-state index in [-0.39, 0.29) is 17.9 Å². The van der Waals surface area contributed by atoms with E-state index in [9.17, 15) is 4.79 Å². The van der Waals surface area contributed by atoms with Crippen LogP contribution in [0.3, 0.4) is 0 Å². The maximum atomic E-state index is 11.9. The maximum absolute atomic E-state index is 11.9.